The third-order valence-electron chi connectivity index (χ3n) is 2.58. The van der Waals surface area contributed by atoms with Gasteiger partial charge in [-0.3, -0.25) is 9.80 Å². The molecule has 1 aliphatic rings. The molecule has 0 spiro atoms. The first kappa shape index (κ1) is 11.4. The SMILES string of the molecule is CC(=O)C1=CC(C)NN1c1cccc(C#N)c1. The fourth-order valence-corrected chi connectivity index (χ4v) is 1.82. The monoisotopic (exact) mass is 227 g/mol. The Bertz CT molecular complexity index is 528. The van der Waals surface area contributed by atoms with E-state index < -0.39 is 0 Å². The molecule has 1 N–H and O–H groups in total. The molecular formula is C13H13N3O. The molecule has 1 unspecified atom stereocenters. The van der Waals surface area contributed by atoms with E-state index in [1.165, 1.54) is 6.92 Å². The van der Waals surface area contributed by atoms with E-state index in [-0.39, 0.29) is 11.8 Å². The van der Waals surface area contributed by atoms with E-state index in [4.69, 9.17) is 5.26 Å². The van der Waals surface area contributed by atoms with Crippen molar-refractivity contribution in [2.45, 2.75) is 19.9 Å². The minimum Gasteiger partial charge on any atom is -0.293 e. The maximum absolute atomic E-state index is 11.5. The summed E-state index contributed by atoms with van der Waals surface area (Å²) in [7, 11) is 0. The number of ketones is 1. The van der Waals surface area contributed by atoms with Gasteiger partial charge in [0.05, 0.1) is 23.0 Å². The number of nitrogens with one attached hydrogen (secondary N) is 1. The van der Waals surface area contributed by atoms with Crippen LogP contribution < -0.4 is 10.4 Å². The Morgan fingerprint density at radius 2 is 2.29 bits per heavy atom. The Balaban J connectivity index is 2.37. The molecule has 86 valence electrons. The molecule has 0 amide bonds. The third kappa shape index (κ3) is 2.19. The molecule has 0 aromatic heterocycles. The molecular weight excluding hydrogens is 214 g/mol. The van der Waals surface area contributed by atoms with Gasteiger partial charge >= 0.3 is 0 Å². The average Bonchev–Trinajstić information content (AvgIpc) is 2.72. The first-order valence-corrected chi connectivity index (χ1v) is 5.41. The number of nitriles is 1. The second-order valence-electron chi connectivity index (χ2n) is 4.02. The standard InChI is InChI=1S/C13H13N3O/c1-9-6-13(10(2)17)16(15-9)12-5-3-4-11(7-12)8-14/h3-7,9,15H,1-2H3. The largest absolute Gasteiger partial charge is 0.293 e. The minimum atomic E-state index is 0.00390. The molecule has 17 heavy (non-hydrogen) atoms. The number of rotatable bonds is 2. The first-order chi connectivity index (χ1) is 8.11. The van der Waals surface area contributed by atoms with E-state index in [9.17, 15) is 4.79 Å². The van der Waals surface area contributed by atoms with Crippen molar-refractivity contribution in [3.63, 3.8) is 0 Å². The van der Waals surface area contributed by atoms with Gasteiger partial charge in [0.1, 0.15) is 0 Å². The van der Waals surface area contributed by atoms with Gasteiger partial charge in [0.25, 0.3) is 0 Å². The van der Waals surface area contributed by atoms with E-state index in [1.54, 1.807) is 23.2 Å². The molecule has 1 aliphatic heterocycles. The fraction of sp³-hybridized carbons (Fsp3) is 0.231. The molecule has 0 saturated carbocycles. The molecule has 0 saturated heterocycles. The number of allylic oxidation sites excluding steroid dienone is 1. The molecule has 0 radical (unpaired) electrons. The second kappa shape index (κ2) is 4.40. The maximum atomic E-state index is 11.5. The van der Waals surface area contributed by atoms with Crippen LogP contribution >= 0.6 is 0 Å². The number of Topliss-reactive ketones (excluding diaryl/α,β-unsaturated/α-hetero) is 1. The molecule has 1 aromatic carbocycles. The number of carbonyl (C=O) groups is 1. The molecule has 4 nitrogen and oxygen atoms in total. The van der Waals surface area contributed by atoms with Crippen LogP contribution in [-0.4, -0.2) is 11.8 Å². The van der Waals surface area contributed by atoms with Crippen molar-refractivity contribution in [2.75, 3.05) is 5.01 Å². The zero-order valence-corrected chi connectivity index (χ0v) is 9.77. The lowest BCUT2D eigenvalue weighted by molar-refractivity contribution is -0.113. The van der Waals surface area contributed by atoms with Gasteiger partial charge < -0.3 is 0 Å². The summed E-state index contributed by atoms with van der Waals surface area (Å²) in [4.78, 5) is 11.5. The molecule has 0 bridgehead atoms. The highest BCUT2D eigenvalue weighted by Crippen LogP contribution is 2.23. The van der Waals surface area contributed by atoms with E-state index in [2.05, 4.69) is 11.5 Å². The summed E-state index contributed by atoms with van der Waals surface area (Å²) in [6, 6.07) is 9.35. The average molecular weight is 227 g/mol. The van der Waals surface area contributed by atoms with Crippen LogP contribution in [0.3, 0.4) is 0 Å². The summed E-state index contributed by atoms with van der Waals surface area (Å²) in [5.41, 5.74) is 5.16. The van der Waals surface area contributed by atoms with Crippen LogP contribution in [0.1, 0.15) is 19.4 Å². The van der Waals surface area contributed by atoms with Gasteiger partial charge in [-0.15, -0.1) is 0 Å². The number of hydrazine groups is 1. The van der Waals surface area contributed by atoms with Crippen molar-refractivity contribution in [1.29, 1.82) is 5.26 Å². The van der Waals surface area contributed by atoms with E-state index >= 15 is 0 Å². The lowest BCUT2D eigenvalue weighted by atomic mass is 10.2. The van der Waals surface area contributed by atoms with Crippen molar-refractivity contribution >= 4 is 11.5 Å². The first-order valence-electron chi connectivity index (χ1n) is 5.41. The maximum Gasteiger partial charge on any atom is 0.177 e. The number of hydrogen-bond donors (Lipinski definition) is 1. The van der Waals surface area contributed by atoms with Crippen LogP contribution in [-0.2, 0) is 4.79 Å². The highest BCUT2D eigenvalue weighted by Gasteiger charge is 2.24. The fourth-order valence-electron chi connectivity index (χ4n) is 1.82. The molecule has 0 aliphatic carbocycles. The van der Waals surface area contributed by atoms with Gasteiger partial charge in [-0.2, -0.15) is 5.26 Å². The summed E-state index contributed by atoms with van der Waals surface area (Å²) in [5, 5.41) is 10.6. The van der Waals surface area contributed by atoms with Gasteiger partial charge in [-0.25, -0.2) is 5.43 Å². The lowest BCUT2D eigenvalue weighted by Gasteiger charge is -2.22. The number of hydrogen-bond acceptors (Lipinski definition) is 4. The van der Waals surface area contributed by atoms with Gasteiger partial charge in [-0.1, -0.05) is 6.07 Å². The van der Waals surface area contributed by atoms with Crippen LogP contribution in [0.15, 0.2) is 36.0 Å². The normalized spacial score (nSPS) is 18.8. The number of anilines is 1. The predicted octanol–water partition coefficient (Wildman–Crippen LogP) is 1.74. The highest BCUT2D eigenvalue weighted by atomic mass is 16.1. The molecule has 4 heteroatoms. The number of benzene rings is 1. The van der Waals surface area contributed by atoms with Gasteiger partial charge in [0.15, 0.2) is 5.78 Å². The molecule has 1 heterocycles. The smallest absolute Gasteiger partial charge is 0.177 e. The third-order valence-corrected chi connectivity index (χ3v) is 2.58. The summed E-state index contributed by atoms with van der Waals surface area (Å²) in [5.74, 6) is 0.00390. The van der Waals surface area contributed by atoms with Crippen molar-refractivity contribution in [1.82, 2.24) is 5.43 Å². The summed E-state index contributed by atoms with van der Waals surface area (Å²) >= 11 is 0. The Hall–Kier alpha value is -2.12. The quantitative estimate of drug-likeness (QED) is 0.836. The van der Waals surface area contributed by atoms with Crippen LogP contribution in [0, 0.1) is 11.3 Å². The Morgan fingerprint density at radius 3 is 2.94 bits per heavy atom. The van der Waals surface area contributed by atoms with Gasteiger partial charge in [0.2, 0.25) is 0 Å². The Morgan fingerprint density at radius 1 is 1.53 bits per heavy atom. The molecule has 2 rings (SSSR count). The second-order valence-corrected chi connectivity index (χ2v) is 4.02. The number of nitrogens with zero attached hydrogens (tertiary/aromatic N) is 2. The van der Waals surface area contributed by atoms with Crippen molar-refractivity contribution in [3.05, 3.63) is 41.6 Å². The Kier molecular flexibility index (Phi) is 2.94. The van der Waals surface area contributed by atoms with Crippen molar-refractivity contribution in [2.24, 2.45) is 0 Å². The Labute approximate surface area is 100 Å². The lowest BCUT2D eigenvalue weighted by Crippen LogP contribution is -2.37. The van der Waals surface area contributed by atoms with Crippen molar-refractivity contribution in [3.8, 4) is 6.07 Å². The number of carbonyl (C=O) groups excluding carboxylic acids is 1. The van der Waals surface area contributed by atoms with Gasteiger partial charge in [0, 0.05) is 13.0 Å². The van der Waals surface area contributed by atoms with E-state index in [1.807, 2.05) is 19.1 Å². The summed E-state index contributed by atoms with van der Waals surface area (Å²) < 4.78 is 0. The molecule has 1 atom stereocenters. The van der Waals surface area contributed by atoms with Crippen LogP contribution in [0.2, 0.25) is 0 Å². The zero-order valence-electron chi connectivity index (χ0n) is 9.77. The van der Waals surface area contributed by atoms with E-state index in [0.29, 0.717) is 11.3 Å². The van der Waals surface area contributed by atoms with Crippen LogP contribution in [0.5, 0.6) is 0 Å². The predicted molar refractivity (Wildman–Crippen MR) is 65.0 cm³/mol. The topological polar surface area (TPSA) is 56.1 Å². The minimum absolute atomic E-state index is 0.00390. The van der Waals surface area contributed by atoms with Gasteiger partial charge in [-0.05, 0) is 31.2 Å². The zero-order chi connectivity index (χ0) is 12.4. The summed E-state index contributed by atoms with van der Waals surface area (Å²) in [6.07, 6.45) is 1.88. The van der Waals surface area contributed by atoms with E-state index in [0.717, 1.165) is 5.69 Å². The highest BCUT2D eigenvalue weighted by molar-refractivity contribution is 5.97. The molecule has 1 aromatic rings. The van der Waals surface area contributed by atoms with Crippen LogP contribution in [0.25, 0.3) is 0 Å². The molecule has 0 fully saturated rings. The summed E-state index contributed by atoms with van der Waals surface area (Å²) in [6.45, 7) is 3.50. The van der Waals surface area contributed by atoms with Crippen LogP contribution in [0.4, 0.5) is 5.69 Å². The van der Waals surface area contributed by atoms with Crippen molar-refractivity contribution < 1.29 is 4.79 Å².